The molecule has 4 aromatic rings. The summed E-state index contributed by atoms with van der Waals surface area (Å²) >= 11 is 6.92. The molecule has 17 heteroatoms. The van der Waals surface area contributed by atoms with Crippen LogP contribution >= 0.6 is 11.6 Å². The predicted octanol–water partition coefficient (Wildman–Crippen LogP) is 6.01. The summed E-state index contributed by atoms with van der Waals surface area (Å²) < 4.78 is 21.8. The Kier molecular flexibility index (Phi) is 13.5. The first kappa shape index (κ1) is 43.5. The fourth-order valence-corrected chi connectivity index (χ4v) is 8.43. The summed E-state index contributed by atoms with van der Waals surface area (Å²) in [6, 6.07) is 9.23. The number of hydrogen-bond donors (Lipinski definition) is 4. The first-order valence-corrected chi connectivity index (χ1v) is 21.1. The number of aromatic nitrogens is 4. The Morgan fingerprint density at radius 1 is 0.836 bits per heavy atom. The second-order valence-electron chi connectivity index (χ2n) is 16.3. The van der Waals surface area contributed by atoms with Crippen molar-refractivity contribution in [2.75, 3.05) is 40.5 Å². The van der Waals surface area contributed by atoms with Gasteiger partial charge in [-0.05, 0) is 55.4 Å². The molecule has 0 radical (unpaired) electrons. The van der Waals surface area contributed by atoms with Gasteiger partial charge in [-0.2, -0.15) is 0 Å². The van der Waals surface area contributed by atoms with E-state index in [1.165, 1.54) is 14.2 Å². The quantitative estimate of drug-likeness (QED) is 0.153. The molecule has 4 N–H and O–H groups in total. The zero-order chi connectivity index (χ0) is 43.4. The highest BCUT2D eigenvalue weighted by atomic mass is 35.5. The van der Waals surface area contributed by atoms with E-state index < -0.39 is 30.3 Å². The average molecular weight is 857 g/mol. The lowest BCUT2D eigenvalue weighted by atomic mass is 10.0. The SMILES string of the molecule is COC(=O)N[C@H](C(=O)N1C[C@@H]2C[C@H]1c1nc(-c3ccc(C#Cc4ccc5[nH]c([C@@H]6CCCN6C(=O)[C@@H](NC(=O)OC)C(C)C)nc5c4Cl)cc3)c([nH]1)COCCCO2)C(C)C. The van der Waals surface area contributed by atoms with Gasteiger partial charge in [-0.15, -0.1) is 0 Å². The van der Waals surface area contributed by atoms with Crippen LogP contribution in [0, 0.1) is 23.7 Å². The van der Waals surface area contributed by atoms with E-state index in [1.54, 1.807) is 9.80 Å². The van der Waals surface area contributed by atoms with Crippen molar-refractivity contribution in [3.05, 3.63) is 69.9 Å². The second-order valence-corrected chi connectivity index (χ2v) is 16.6. The maximum atomic E-state index is 14.0. The topological polar surface area (TPSA) is 193 Å². The monoisotopic (exact) mass is 856 g/mol. The lowest BCUT2D eigenvalue weighted by molar-refractivity contribution is -0.136. The van der Waals surface area contributed by atoms with Crippen molar-refractivity contribution in [3.8, 4) is 23.1 Å². The molecule has 0 spiro atoms. The van der Waals surface area contributed by atoms with Gasteiger partial charge in [0.2, 0.25) is 11.8 Å². The number of amides is 4. The largest absolute Gasteiger partial charge is 0.453 e. The van der Waals surface area contributed by atoms with Crippen molar-refractivity contribution in [2.45, 2.75) is 90.3 Å². The summed E-state index contributed by atoms with van der Waals surface area (Å²) in [5.41, 5.74) is 5.00. The Labute approximate surface area is 359 Å². The molecule has 2 fully saturated rings. The number of ether oxygens (including phenoxy) is 4. The summed E-state index contributed by atoms with van der Waals surface area (Å²) in [5, 5.41) is 5.79. The smallest absolute Gasteiger partial charge is 0.407 e. The molecule has 16 nitrogen and oxygen atoms in total. The van der Waals surface area contributed by atoms with Crippen molar-refractivity contribution in [1.29, 1.82) is 0 Å². The van der Waals surface area contributed by atoms with Crippen LogP contribution in [0.5, 0.6) is 0 Å². The maximum absolute atomic E-state index is 14.0. The summed E-state index contributed by atoms with van der Waals surface area (Å²) in [6.07, 6.45) is 1.24. The number of benzene rings is 2. The van der Waals surface area contributed by atoms with E-state index in [-0.39, 0.29) is 35.8 Å². The molecule has 0 unspecified atom stereocenters. The highest BCUT2D eigenvalue weighted by molar-refractivity contribution is 6.36. The third kappa shape index (κ3) is 9.49. The first-order valence-electron chi connectivity index (χ1n) is 20.7. The predicted molar refractivity (Wildman–Crippen MR) is 226 cm³/mol. The van der Waals surface area contributed by atoms with E-state index >= 15 is 0 Å². The van der Waals surface area contributed by atoms with E-state index in [4.69, 9.17) is 40.5 Å². The van der Waals surface area contributed by atoms with Gasteiger partial charge in [-0.25, -0.2) is 19.6 Å². The number of fused-ring (bicyclic) bond motifs is 6. The zero-order valence-corrected chi connectivity index (χ0v) is 36.1. The first-order chi connectivity index (χ1) is 29.4. The number of carbonyl (C=O) groups excluding carboxylic acids is 4. The number of nitrogens with one attached hydrogen (secondary N) is 4. The molecule has 3 aliphatic heterocycles. The number of halogens is 1. The van der Waals surface area contributed by atoms with Crippen LogP contribution in [0.4, 0.5) is 9.59 Å². The van der Waals surface area contributed by atoms with Crippen LogP contribution < -0.4 is 10.6 Å². The van der Waals surface area contributed by atoms with E-state index in [0.717, 1.165) is 28.8 Å². The van der Waals surface area contributed by atoms with Crippen LogP contribution in [-0.4, -0.2) is 112 Å². The molecular weight excluding hydrogens is 804 g/mol. The van der Waals surface area contributed by atoms with Gasteiger partial charge in [0.1, 0.15) is 29.2 Å². The third-order valence-electron chi connectivity index (χ3n) is 11.4. The lowest BCUT2D eigenvalue weighted by Crippen LogP contribution is -2.51. The normalized spacial score (nSPS) is 20.0. The summed E-state index contributed by atoms with van der Waals surface area (Å²) in [7, 11) is 2.55. The minimum Gasteiger partial charge on any atom is -0.453 e. The summed E-state index contributed by atoms with van der Waals surface area (Å²) in [6.45, 7) is 9.72. The molecule has 0 aliphatic carbocycles. The van der Waals surface area contributed by atoms with Gasteiger partial charge in [0.15, 0.2) is 0 Å². The summed E-state index contributed by atoms with van der Waals surface area (Å²) in [4.78, 5) is 72.1. The minimum atomic E-state index is -0.786. The molecule has 2 saturated heterocycles. The van der Waals surface area contributed by atoms with Gasteiger partial charge in [0.05, 0.1) is 60.9 Å². The highest BCUT2D eigenvalue weighted by Crippen LogP contribution is 2.37. The van der Waals surface area contributed by atoms with Crippen LogP contribution in [-0.2, 0) is 35.1 Å². The number of H-pyrrole nitrogens is 2. The molecule has 2 aromatic carbocycles. The van der Waals surface area contributed by atoms with Gasteiger partial charge in [-0.3, -0.25) is 9.59 Å². The highest BCUT2D eigenvalue weighted by Gasteiger charge is 2.43. The fraction of sp³-hybridized carbons (Fsp3) is 0.500. The van der Waals surface area contributed by atoms with Gasteiger partial charge in [-0.1, -0.05) is 63.3 Å². The van der Waals surface area contributed by atoms with Crippen molar-refractivity contribution in [1.82, 2.24) is 40.4 Å². The van der Waals surface area contributed by atoms with Crippen molar-refractivity contribution in [3.63, 3.8) is 0 Å². The van der Waals surface area contributed by atoms with Crippen molar-refractivity contribution in [2.24, 2.45) is 11.8 Å². The van der Waals surface area contributed by atoms with Gasteiger partial charge in [0.25, 0.3) is 0 Å². The Morgan fingerprint density at radius 3 is 2.18 bits per heavy atom. The van der Waals surface area contributed by atoms with Gasteiger partial charge < -0.3 is 49.3 Å². The van der Waals surface area contributed by atoms with Crippen LogP contribution in [0.3, 0.4) is 0 Å². The van der Waals surface area contributed by atoms with Crippen molar-refractivity contribution < 1.29 is 38.1 Å². The Bertz CT molecular complexity index is 2310. The van der Waals surface area contributed by atoms with Gasteiger partial charge in [0, 0.05) is 49.4 Å². The molecule has 5 heterocycles. The number of hydrogen-bond acceptors (Lipinski definition) is 10. The van der Waals surface area contributed by atoms with E-state index in [0.29, 0.717) is 85.6 Å². The number of likely N-dealkylation sites (tertiary alicyclic amines) is 2. The third-order valence-corrected chi connectivity index (χ3v) is 11.8. The van der Waals surface area contributed by atoms with Crippen LogP contribution in [0.15, 0.2) is 36.4 Å². The molecule has 4 amide bonds. The van der Waals surface area contributed by atoms with Gasteiger partial charge >= 0.3 is 12.2 Å². The fourth-order valence-electron chi connectivity index (χ4n) is 8.17. The summed E-state index contributed by atoms with van der Waals surface area (Å²) in [5.74, 6) is 6.93. The number of imidazole rings is 2. The maximum Gasteiger partial charge on any atom is 0.407 e. The molecule has 61 heavy (non-hydrogen) atoms. The number of nitrogens with zero attached hydrogens (tertiary/aromatic N) is 4. The molecule has 2 aromatic heterocycles. The molecule has 324 valence electrons. The number of alkyl carbamates (subject to hydrolysis) is 2. The molecule has 5 atom stereocenters. The zero-order valence-electron chi connectivity index (χ0n) is 35.3. The minimum absolute atomic E-state index is 0.146. The number of aromatic amines is 2. The Morgan fingerprint density at radius 2 is 1.51 bits per heavy atom. The Balaban J connectivity index is 1.10. The molecule has 3 aliphatic rings. The number of methoxy groups -OCH3 is 2. The number of carbonyl (C=O) groups is 4. The molecule has 0 saturated carbocycles. The van der Waals surface area contributed by atoms with E-state index in [2.05, 4.69) is 32.4 Å². The van der Waals surface area contributed by atoms with Crippen LogP contribution in [0.25, 0.3) is 22.3 Å². The molecule has 7 rings (SSSR count). The second kappa shape index (κ2) is 19.0. The Hall–Kier alpha value is -5.63. The lowest BCUT2D eigenvalue weighted by Gasteiger charge is -2.29. The van der Waals surface area contributed by atoms with E-state index in [9.17, 15) is 19.2 Å². The van der Waals surface area contributed by atoms with Crippen LogP contribution in [0.2, 0.25) is 5.02 Å². The van der Waals surface area contributed by atoms with Crippen molar-refractivity contribution >= 4 is 46.6 Å². The average Bonchev–Trinajstić information content (AvgIpc) is 4.07. The van der Waals surface area contributed by atoms with Crippen LogP contribution in [0.1, 0.15) is 93.9 Å². The molecular formula is C44H53ClN8O8. The van der Waals surface area contributed by atoms with E-state index in [1.807, 2.05) is 64.1 Å². The standard InChI is InChI=1S/C44H53ClN8O8/c1-24(2)35(50-43(56)58-5)41(54)52-18-7-9-32(52)39-46-30-17-16-27(34(45)38(30)49-39)13-10-26-11-14-28(15-12-26)37-31-23-60-19-8-20-61-29-21-33(40(47-31)48-37)53(22-29)42(55)36(25(3)4)51-44(57)59-6/h11-12,14-17,24-25,29,32-33,35-36H,7-9,18-23H2,1-6H3,(H,46,49)(H,47,48)(H,50,56)(H,51,57)/t29-,32-,33-,35-,36-/m0/s1. The molecule has 4 bridgehead atoms. The number of rotatable bonds is 8.